The average molecular weight is 215 g/mol. The molecule has 0 aliphatic rings. The number of nitrogens with one attached hydrogen (secondary N) is 1. The molecule has 2 N–H and O–H groups in total. The molecule has 0 spiro atoms. The van der Waals surface area contributed by atoms with Gasteiger partial charge in [-0.15, -0.1) is 0 Å². The Morgan fingerprint density at radius 3 is 2.33 bits per heavy atom. The lowest BCUT2D eigenvalue weighted by molar-refractivity contribution is -0.122. The van der Waals surface area contributed by atoms with Crippen LogP contribution in [0.2, 0.25) is 0 Å². The summed E-state index contributed by atoms with van der Waals surface area (Å²) >= 11 is 0. The molecule has 0 bridgehead atoms. The summed E-state index contributed by atoms with van der Waals surface area (Å²) < 4.78 is 0. The number of hydrogen-bond acceptors (Lipinski definition) is 2. The molecule has 1 unspecified atom stereocenters. The molecule has 0 saturated carbocycles. The zero-order valence-electron chi connectivity index (χ0n) is 10.3. The van der Waals surface area contributed by atoms with Crippen molar-refractivity contribution < 1.29 is 9.90 Å². The Labute approximate surface area is 93.3 Å². The molecule has 0 aliphatic heterocycles. The van der Waals surface area contributed by atoms with Gasteiger partial charge in [-0.1, -0.05) is 40.0 Å². The fourth-order valence-electron chi connectivity index (χ4n) is 1.58. The maximum absolute atomic E-state index is 11.5. The van der Waals surface area contributed by atoms with Crippen molar-refractivity contribution >= 4 is 5.91 Å². The highest BCUT2D eigenvalue weighted by Crippen LogP contribution is 2.11. The molecule has 15 heavy (non-hydrogen) atoms. The SMILES string of the molecule is CCCC(O)CNC(=O)CC(CC)CC. The summed E-state index contributed by atoms with van der Waals surface area (Å²) in [5, 5.41) is 12.2. The number of carbonyl (C=O) groups excluding carboxylic acids is 1. The normalized spacial score (nSPS) is 12.9. The minimum Gasteiger partial charge on any atom is -0.391 e. The van der Waals surface area contributed by atoms with Gasteiger partial charge in [-0.3, -0.25) is 4.79 Å². The van der Waals surface area contributed by atoms with Crippen molar-refractivity contribution in [1.29, 1.82) is 0 Å². The fourth-order valence-corrected chi connectivity index (χ4v) is 1.58. The lowest BCUT2D eigenvalue weighted by Crippen LogP contribution is -2.32. The van der Waals surface area contributed by atoms with E-state index in [1.807, 2.05) is 6.92 Å². The molecular formula is C12H25NO2. The summed E-state index contributed by atoms with van der Waals surface area (Å²) in [5.41, 5.74) is 0. The third-order valence-corrected chi connectivity index (χ3v) is 2.79. The molecule has 0 fully saturated rings. The molecule has 3 heteroatoms. The van der Waals surface area contributed by atoms with Crippen LogP contribution in [0.5, 0.6) is 0 Å². The molecule has 0 heterocycles. The van der Waals surface area contributed by atoms with E-state index < -0.39 is 0 Å². The summed E-state index contributed by atoms with van der Waals surface area (Å²) in [6, 6.07) is 0. The Morgan fingerprint density at radius 2 is 1.87 bits per heavy atom. The first-order valence-corrected chi connectivity index (χ1v) is 6.08. The number of rotatable bonds is 8. The summed E-state index contributed by atoms with van der Waals surface area (Å²) in [7, 11) is 0. The van der Waals surface area contributed by atoms with Gasteiger partial charge in [0.15, 0.2) is 0 Å². The van der Waals surface area contributed by atoms with Gasteiger partial charge >= 0.3 is 0 Å². The Hall–Kier alpha value is -0.570. The predicted molar refractivity (Wildman–Crippen MR) is 62.6 cm³/mol. The number of aliphatic hydroxyl groups is 1. The van der Waals surface area contributed by atoms with Crippen molar-refractivity contribution in [2.24, 2.45) is 5.92 Å². The van der Waals surface area contributed by atoms with Crippen LogP contribution in [-0.4, -0.2) is 23.7 Å². The van der Waals surface area contributed by atoms with Crippen molar-refractivity contribution in [3.63, 3.8) is 0 Å². The average Bonchev–Trinajstić information content (AvgIpc) is 2.23. The third-order valence-electron chi connectivity index (χ3n) is 2.79. The van der Waals surface area contributed by atoms with Crippen LogP contribution >= 0.6 is 0 Å². The lowest BCUT2D eigenvalue weighted by Gasteiger charge is -2.14. The van der Waals surface area contributed by atoms with Crippen LogP contribution in [0.25, 0.3) is 0 Å². The Kier molecular flexibility index (Phi) is 8.38. The Bertz CT molecular complexity index is 167. The van der Waals surface area contributed by atoms with Gasteiger partial charge in [0.1, 0.15) is 0 Å². The minimum atomic E-state index is -0.388. The van der Waals surface area contributed by atoms with Crippen molar-refractivity contribution in [2.45, 2.75) is 59.0 Å². The first kappa shape index (κ1) is 14.4. The lowest BCUT2D eigenvalue weighted by atomic mass is 9.99. The smallest absolute Gasteiger partial charge is 0.220 e. The molecule has 0 rings (SSSR count). The van der Waals surface area contributed by atoms with Crippen LogP contribution in [-0.2, 0) is 4.79 Å². The Balaban J connectivity index is 3.64. The van der Waals surface area contributed by atoms with Crippen molar-refractivity contribution in [2.75, 3.05) is 6.54 Å². The van der Waals surface area contributed by atoms with E-state index in [4.69, 9.17) is 0 Å². The van der Waals surface area contributed by atoms with Crippen LogP contribution in [0, 0.1) is 5.92 Å². The molecule has 0 aromatic carbocycles. The van der Waals surface area contributed by atoms with E-state index in [1.54, 1.807) is 0 Å². The van der Waals surface area contributed by atoms with E-state index in [1.165, 1.54) is 0 Å². The van der Waals surface area contributed by atoms with Crippen LogP contribution in [0.3, 0.4) is 0 Å². The molecule has 0 aromatic rings. The quantitative estimate of drug-likeness (QED) is 0.651. The summed E-state index contributed by atoms with van der Waals surface area (Å²) in [6.07, 6.45) is 3.99. The maximum Gasteiger partial charge on any atom is 0.220 e. The van der Waals surface area contributed by atoms with Gasteiger partial charge in [0, 0.05) is 13.0 Å². The van der Waals surface area contributed by atoms with Gasteiger partial charge in [0.05, 0.1) is 6.10 Å². The molecule has 1 atom stereocenters. The highest BCUT2D eigenvalue weighted by molar-refractivity contribution is 5.76. The van der Waals surface area contributed by atoms with E-state index >= 15 is 0 Å². The number of hydrogen-bond donors (Lipinski definition) is 2. The van der Waals surface area contributed by atoms with Crippen molar-refractivity contribution in [3.05, 3.63) is 0 Å². The van der Waals surface area contributed by atoms with Crippen LogP contribution in [0.1, 0.15) is 52.9 Å². The van der Waals surface area contributed by atoms with Gasteiger partial charge in [0.2, 0.25) is 5.91 Å². The first-order valence-electron chi connectivity index (χ1n) is 6.08. The zero-order valence-corrected chi connectivity index (χ0v) is 10.3. The second-order valence-corrected chi connectivity index (χ2v) is 4.13. The van der Waals surface area contributed by atoms with Gasteiger partial charge in [-0.2, -0.15) is 0 Å². The van der Waals surface area contributed by atoms with Crippen LogP contribution in [0.4, 0.5) is 0 Å². The van der Waals surface area contributed by atoms with E-state index in [-0.39, 0.29) is 12.0 Å². The van der Waals surface area contributed by atoms with Gasteiger partial charge in [-0.05, 0) is 12.3 Å². The molecular weight excluding hydrogens is 190 g/mol. The van der Waals surface area contributed by atoms with Crippen LogP contribution < -0.4 is 5.32 Å². The highest BCUT2D eigenvalue weighted by atomic mass is 16.3. The molecule has 0 aromatic heterocycles. The molecule has 0 saturated heterocycles. The molecule has 90 valence electrons. The summed E-state index contributed by atoms with van der Waals surface area (Å²) in [6.45, 7) is 6.63. The molecule has 0 radical (unpaired) electrons. The van der Waals surface area contributed by atoms with Crippen molar-refractivity contribution in [1.82, 2.24) is 5.32 Å². The maximum atomic E-state index is 11.5. The third kappa shape index (κ3) is 7.37. The molecule has 0 aliphatic carbocycles. The second-order valence-electron chi connectivity index (χ2n) is 4.13. The highest BCUT2D eigenvalue weighted by Gasteiger charge is 2.11. The van der Waals surface area contributed by atoms with E-state index in [0.717, 1.165) is 25.7 Å². The predicted octanol–water partition coefficient (Wildman–Crippen LogP) is 2.09. The van der Waals surface area contributed by atoms with Crippen molar-refractivity contribution in [3.8, 4) is 0 Å². The van der Waals surface area contributed by atoms with Gasteiger partial charge in [0.25, 0.3) is 0 Å². The van der Waals surface area contributed by atoms with E-state index in [0.29, 0.717) is 18.9 Å². The van der Waals surface area contributed by atoms with Crippen LogP contribution in [0.15, 0.2) is 0 Å². The summed E-state index contributed by atoms with van der Waals surface area (Å²) in [5.74, 6) is 0.548. The molecule has 1 amide bonds. The van der Waals surface area contributed by atoms with Gasteiger partial charge < -0.3 is 10.4 Å². The molecule has 3 nitrogen and oxygen atoms in total. The first-order chi connectivity index (χ1) is 7.13. The van der Waals surface area contributed by atoms with E-state index in [9.17, 15) is 9.90 Å². The summed E-state index contributed by atoms with van der Waals surface area (Å²) in [4.78, 5) is 11.5. The number of carbonyl (C=O) groups is 1. The number of amides is 1. The monoisotopic (exact) mass is 215 g/mol. The van der Waals surface area contributed by atoms with E-state index in [2.05, 4.69) is 19.2 Å². The topological polar surface area (TPSA) is 49.3 Å². The second kappa shape index (κ2) is 8.72. The standard InChI is InChI=1S/C12H25NO2/c1-4-7-11(14)9-13-12(15)8-10(5-2)6-3/h10-11,14H,4-9H2,1-3H3,(H,13,15). The fraction of sp³-hybridized carbons (Fsp3) is 0.917. The zero-order chi connectivity index (χ0) is 11.7. The largest absolute Gasteiger partial charge is 0.391 e. The number of aliphatic hydroxyl groups excluding tert-OH is 1. The minimum absolute atomic E-state index is 0.0684. The Morgan fingerprint density at radius 1 is 1.27 bits per heavy atom. The van der Waals surface area contributed by atoms with Gasteiger partial charge in [-0.25, -0.2) is 0 Å².